The average molecular weight is 474 g/mol. The molecular weight excluding hydrogens is 446 g/mol. The largest absolute Gasteiger partial charge is 0.296 e. The lowest BCUT2D eigenvalue weighted by Crippen LogP contribution is -2.48. The van der Waals surface area contributed by atoms with Crippen molar-refractivity contribution in [1.29, 1.82) is 0 Å². The number of benzene rings is 2. The monoisotopic (exact) mass is 473 g/mol. The summed E-state index contributed by atoms with van der Waals surface area (Å²) in [5.74, 6) is 0. The van der Waals surface area contributed by atoms with E-state index in [2.05, 4.69) is 17.0 Å². The molecule has 1 fully saturated rings. The topological polar surface area (TPSA) is 79.7 Å². The fraction of sp³-hybridized carbons (Fsp3) is 0.304. The number of nitrogens with zero attached hydrogens (tertiary/aromatic N) is 3. The fourth-order valence-electron chi connectivity index (χ4n) is 4.15. The van der Waals surface area contributed by atoms with Crippen LogP contribution in [0.15, 0.2) is 76.5 Å². The second kappa shape index (κ2) is 8.82. The molecule has 3 aromatic rings. The number of sulfonamides is 1. The van der Waals surface area contributed by atoms with Gasteiger partial charge in [-0.1, -0.05) is 48.5 Å². The van der Waals surface area contributed by atoms with Crippen molar-refractivity contribution >= 4 is 20.0 Å². The Bertz CT molecular complexity index is 1290. The van der Waals surface area contributed by atoms with Crippen LogP contribution in [0.5, 0.6) is 0 Å². The zero-order valence-corrected chi connectivity index (χ0v) is 19.8. The van der Waals surface area contributed by atoms with Crippen LogP contribution in [0, 0.1) is 13.8 Å². The van der Waals surface area contributed by atoms with Crippen LogP contribution < -0.4 is 0 Å². The first-order valence-corrected chi connectivity index (χ1v) is 13.4. The molecule has 170 valence electrons. The maximum absolute atomic E-state index is 13.4. The minimum absolute atomic E-state index is 0.0472. The summed E-state index contributed by atoms with van der Waals surface area (Å²) in [4.78, 5) is 2.40. The van der Waals surface area contributed by atoms with Crippen LogP contribution in [-0.4, -0.2) is 56.2 Å². The van der Waals surface area contributed by atoms with Crippen molar-refractivity contribution < 1.29 is 16.8 Å². The van der Waals surface area contributed by atoms with Gasteiger partial charge in [0, 0.05) is 38.4 Å². The van der Waals surface area contributed by atoms with Crippen molar-refractivity contribution in [2.24, 2.45) is 0 Å². The summed E-state index contributed by atoms with van der Waals surface area (Å²) in [5.41, 5.74) is 1.77. The summed E-state index contributed by atoms with van der Waals surface area (Å²) in [7, 11) is -7.70. The van der Waals surface area contributed by atoms with Gasteiger partial charge in [0.05, 0.1) is 10.6 Å². The second-order valence-corrected chi connectivity index (χ2v) is 11.7. The Morgan fingerprint density at radius 2 is 1.31 bits per heavy atom. The van der Waals surface area contributed by atoms with Gasteiger partial charge in [-0.3, -0.25) is 4.90 Å². The third-order valence-corrected chi connectivity index (χ3v) is 9.73. The van der Waals surface area contributed by atoms with Gasteiger partial charge >= 0.3 is 0 Å². The lowest BCUT2D eigenvalue weighted by Gasteiger charge is -2.34. The van der Waals surface area contributed by atoms with Crippen LogP contribution >= 0.6 is 0 Å². The Morgan fingerprint density at radius 1 is 0.750 bits per heavy atom. The lowest BCUT2D eigenvalue weighted by atomic mass is 10.2. The van der Waals surface area contributed by atoms with Gasteiger partial charge in [-0.25, -0.2) is 20.8 Å². The van der Waals surface area contributed by atoms with Gasteiger partial charge in [-0.15, -0.1) is 0 Å². The van der Waals surface area contributed by atoms with Gasteiger partial charge in [0.1, 0.15) is 4.90 Å². The van der Waals surface area contributed by atoms with Crippen molar-refractivity contribution in [2.75, 3.05) is 26.2 Å². The summed E-state index contributed by atoms with van der Waals surface area (Å²) in [5, 5.41) is 0. The molecule has 2 aromatic carbocycles. The van der Waals surface area contributed by atoms with Crippen molar-refractivity contribution in [3.8, 4) is 0 Å². The minimum atomic E-state index is -3.89. The first kappa shape index (κ1) is 22.7. The van der Waals surface area contributed by atoms with Crippen molar-refractivity contribution in [2.45, 2.75) is 30.2 Å². The highest BCUT2D eigenvalue weighted by Crippen LogP contribution is 2.28. The van der Waals surface area contributed by atoms with E-state index in [1.807, 2.05) is 18.2 Å². The molecule has 1 aliphatic heterocycles. The predicted molar refractivity (Wildman–Crippen MR) is 123 cm³/mol. The van der Waals surface area contributed by atoms with Crippen LogP contribution in [0.2, 0.25) is 0 Å². The molecule has 0 bridgehead atoms. The van der Waals surface area contributed by atoms with Crippen LogP contribution in [0.1, 0.15) is 17.0 Å². The quantitative estimate of drug-likeness (QED) is 0.550. The molecule has 0 aliphatic carbocycles. The Morgan fingerprint density at radius 3 is 1.91 bits per heavy atom. The molecule has 7 nitrogen and oxygen atoms in total. The summed E-state index contributed by atoms with van der Waals surface area (Å²) in [6.07, 6.45) is 0. The van der Waals surface area contributed by atoms with E-state index in [-0.39, 0.29) is 15.5 Å². The molecular formula is C23H27N3O4S2. The van der Waals surface area contributed by atoms with Crippen LogP contribution in [0.4, 0.5) is 0 Å². The molecule has 2 heterocycles. The second-order valence-electron chi connectivity index (χ2n) is 7.98. The molecule has 0 radical (unpaired) electrons. The molecule has 4 rings (SSSR count). The SMILES string of the molecule is Cc1cc(S(=O)(=O)N2CCN(Cc3ccccc3)CC2)c(C)n1S(=O)(=O)c1ccccc1. The Labute approximate surface area is 190 Å². The highest BCUT2D eigenvalue weighted by Gasteiger charge is 2.33. The zero-order valence-electron chi connectivity index (χ0n) is 18.2. The summed E-state index contributed by atoms with van der Waals surface area (Å²) < 4.78 is 55.7. The molecule has 0 atom stereocenters. The maximum Gasteiger partial charge on any atom is 0.268 e. The van der Waals surface area contributed by atoms with E-state index in [0.717, 1.165) is 10.5 Å². The highest BCUT2D eigenvalue weighted by atomic mass is 32.2. The highest BCUT2D eigenvalue weighted by molar-refractivity contribution is 7.90. The first-order valence-electron chi connectivity index (χ1n) is 10.5. The number of rotatable bonds is 6. The number of aromatic nitrogens is 1. The zero-order chi connectivity index (χ0) is 22.9. The van der Waals surface area contributed by atoms with E-state index in [1.54, 1.807) is 32.0 Å². The Balaban J connectivity index is 1.56. The Hall–Kier alpha value is -2.46. The van der Waals surface area contributed by atoms with Gasteiger partial charge < -0.3 is 0 Å². The Kier molecular flexibility index (Phi) is 6.26. The molecule has 1 saturated heterocycles. The number of aryl methyl sites for hydroxylation is 1. The van der Waals surface area contributed by atoms with E-state index in [0.29, 0.717) is 31.9 Å². The van der Waals surface area contributed by atoms with E-state index in [1.165, 1.54) is 28.1 Å². The molecule has 0 spiro atoms. The average Bonchev–Trinajstić information content (AvgIpc) is 3.11. The first-order chi connectivity index (χ1) is 15.2. The standard InChI is InChI=1S/C23H27N3O4S2/c1-19-17-23(20(2)26(19)31(27,28)22-11-7-4-8-12-22)32(29,30)25-15-13-24(14-16-25)18-21-9-5-3-6-10-21/h3-12,17H,13-16,18H2,1-2H3. The van der Waals surface area contributed by atoms with Crippen LogP contribution in [-0.2, 0) is 26.6 Å². The number of piperazine rings is 1. The molecule has 0 unspecified atom stereocenters. The molecule has 1 aliphatic rings. The summed E-state index contributed by atoms with van der Waals surface area (Å²) in [6, 6.07) is 19.6. The van der Waals surface area contributed by atoms with Crippen molar-refractivity contribution in [3.05, 3.63) is 83.7 Å². The fourth-order valence-corrected chi connectivity index (χ4v) is 7.52. The van der Waals surface area contributed by atoms with E-state index < -0.39 is 20.0 Å². The minimum Gasteiger partial charge on any atom is -0.296 e. The summed E-state index contributed by atoms with van der Waals surface area (Å²) in [6.45, 7) is 5.91. The molecule has 32 heavy (non-hydrogen) atoms. The molecule has 1 aromatic heterocycles. The number of hydrogen-bond donors (Lipinski definition) is 0. The third kappa shape index (κ3) is 4.25. The van der Waals surface area contributed by atoms with E-state index in [4.69, 9.17) is 0 Å². The van der Waals surface area contributed by atoms with Crippen LogP contribution in [0.25, 0.3) is 0 Å². The van der Waals surface area contributed by atoms with Gasteiger partial charge in [0.2, 0.25) is 10.0 Å². The molecule has 0 N–H and O–H groups in total. The summed E-state index contributed by atoms with van der Waals surface area (Å²) >= 11 is 0. The molecule has 0 saturated carbocycles. The predicted octanol–water partition coefficient (Wildman–Crippen LogP) is 2.85. The van der Waals surface area contributed by atoms with Gasteiger partial charge in [-0.05, 0) is 37.6 Å². The van der Waals surface area contributed by atoms with Crippen LogP contribution in [0.3, 0.4) is 0 Å². The number of hydrogen-bond acceptors (Lipinski definition) is 5. The molecule has 0 amide bonds. The van der Waals surface area contributed by atoms with Gasteiger partial charge in [0.15, 0.2) is 0 Å². The van der Waals surface area contributed by atoms with Crippen molar-refractivity contribution in [1.82, 2.24) is 13.2 Å². The van der Waals surface area contributed by atoms with E-state index >= 15 is 0 Å². The van der Waals surface area contributed by atoms with Gasteiger partial charge in [0.25, 0.3) is 10.0 Å². The smallest absolute Gasteiger partial charge is 0.268 e. The normalized spacial score (nSPS) is 16.3. The molecule has 9 heteroatoms. The van der Waals surface area contributed by atoms with Crippen molar-refractivity contribution in [3.63, 3.8) is 0 Å². The van der Waals surface area contributed by atoms with Gasteiger partial charge in [-0.2, -0.15) is 4.31 Å². The third-order valence-electron chi connectivity index (χ3n) is 5.80. The lowest BCUT2D eigenvalue weighted by molar-refractivity contribution is 0.181. The maximum atomic E-state index is 13.4. The van der Waals surface area contributed by atoms with E-state index in [9.17, 15) is 16.8 Å².